The molecular formula is C15H15N5O. The van der Waals surface area contributed by atoms with Crippen molar-refractivity contribution in [3.63, 3.8) is 0 Å². The quantitative estimate of drug-likeness (QED) is 0.683. The third kappa shape index (κ3) is 3.17. The molecule has 0 atom stereocenters. The highest BCUT2D eigenvalue weighted by atomic mass is 16.1. The SMILES string of the molecule is Cc1ccc(CNc2nc(-c3ccn[nH]3)cc(=O)[nH]2)cc1. The van der Waals surface area contributed by atoms with Crippen LogP contribution in [0, 0.1) is 6.92 Å². The molecule has 21 heavy (non-hydrogen) atoms. The molecule has 0 amide bonds. The average molecular weight is 281 g/mol. The number of rotatable bonds is 4. The highest BCUT2D eigenvalue weighted by Crippen LogP contribution is 2.12. The maximum atomic E-state index is 11.7. The molecule has 1 aromatic carbocycles. The van der Waals surface area contributed by atoms with E-state index < -0.39 is 0 Å². The molecule has 6 heteroatoms. The van der Waals surface area contributed by atoms with Gasteiger partial charge in [-0.25, -0.2) is 4.98 Å². The fourth-order valence-electron chi connectivity index (χ4n) is 1.97. The second-order valence-electron chi connectivity index (χ2n) is 4.79. The first-order chi connectivity index (χ1) is 10.2. The molecule has 0 saturated heterocycles. The predicted octanol–water partition coefficient (Wildman–Crippen LogP) is 2.08. The molecule has 3 aromatic rings. The van der Waals surface area contributed by atoms with Gasteiger partial charge in [-0.2, -0.15) is 5.10 Å². The Bertz CT molecular complexity index is 775. The smallest absolute Gasteiger partial charge is 0.252 e. The van der Waals surface area contributed by atoms with E-state index in [0.29, 0.717) is 23.9 Å². The summed E-state index contributed by atoms with van der Waals surface area (Å²) in [5.74, 6) is 0.438. The van der Waals surface area contributed by atoms with Crippen LogP contribution in [0.4, 0.5) is 5.95 Å². The van der Waals surface area contributed by atoms with Crippen molar-refractivity contribution in [3.8, 4) is 11.4 Å². The summed E-state index contributed by atoms with van der Waals surface area (Å²) in [6, 6.07) is 11.4. The van der Waals surface area contributed by atoms with E-state index in [2.05, 4.69) is 25.5 Å². The summed E-state index contributed by atoms with van der Waals surface area (Å²) in [4.78, 5) is 18.7. The maximum Gasteiger partial charge on any atom is 0.252 e. The molecule has 0 fully saturated rings. The van der Waals surface area contributed by atoms with Gasteiger partial charge in [0.05, 0.1) is 11.4 Å². The number of nitrogens with one attached hydrogen (secondary N) is 3. The number of aromatic nitrogens is 4. The first kappa shape index (κ1) is 13.1. The van der Waals surface area contributed by atoms with Gasteiger partial charge >= 0.3 is 0 Å². The van der Waals surface area contributed by atoms with Crippen LogP contribution in [0.25, 0.3) is 11.4 Å². The normalized spacial score (nSPS) is 10.5. The van der Waals surface area contributed by atoms with Gasteiger partial charge in [-0.15, -0.1) is 0 Å². The minimum Gasteiger partial charge on any atom is -0.352 e. The Morgan fingerprint density at radius 3 is 2.71 bits per heavy atom. The van der Waals surface area contributed by atoms with Crippen molar-refractivity contribution in [3.05, 3.63) is 64.1 Å². The molecule has 0 radical (unpaired) electrons. The van der Waals surface area contributed by atoms with E-state index in [9.17, 15) is 4.79 Å². The second-order valence-corrected chi connectivity index (χ2v) is 4.79. The summed E-state index contributed by atoms with van der Waals surface area (Å²) in [6.45, 7) is 2.64. The number of H-pyrrole nitrogens is 2. The lowest BCUT2D eigenvalue weighted by Gasteiger charge is -2.07. The molecule has 2 aromatic heterocycles. The van der Waals surface area contributed by atoms with Crippen molar-refractivity contribution in [1.29, 1.82) is 0 Å². The van der Waals surface area contributed by atoms with Crippen LogP contribution in [0.5, 0.6) is 0 Å². The van der Waals surface area contributed by atoms with E-state index in [1.165, 1.54) is 11.6 Å². The summed E-state index contributed by atoms with van der Waals surface area (Å²) >= 11 is 0. The van der Waals surface area contributed by atoms with Crippen LogP contribution in [-0.2, 0) is 6.54 Å². The van der Waals surface area contributed by atoms with Gasteiger partial charge in [-0.1, -0.05) is 29.8 Å². The Morgan fingerprint density at radius 1 is 1.19 bits per heavy atom. The second kappa shape index (κ2) is 5.62. The largest absolute Gasteiger partial charge is 0.352 e. The third-order valence-electron chi connectivity index (χ3n) is 3.10. The third-order valence-corrected chi connectivity index (χ3v) is 3.10. The molecular weight excluding hydrogens is 266 g/mol. The van der Waals surface area contributed by atoms with Gasteiger partial charge < -0.3 is 5.32 Å². The molecule has 2 heterocycles. The van der Waals surface area contributed by atoms with Crippen LogP contribution in [0.15, 0.2) is 47.4 Å². The van der Waals surface area contributed by atoms with E-state index in [1.54, 1.807) is 12.3 Å². The van der Waals surface area contributed by atoms with Crippen LogP contribution in [0.1, 0.15) is 11.1 Å². The zero-order valence-electron chi connectivity index (χ0n) is 11.6. The first-order valence-electron chi connectivity index (χ1n) is 6.61. The summed E-state index contributed by atoms with van der Waals surface area (Å²) < 4.78 is 0. The Hall–Kier alpha value is -2.89. The molecule has 0 bridgehead atoms. The van der Waals surface area contributed by atoms with Crippen molar-refractivity contribution in [2.75, 3.05) is 5.32 Å². The number of hydrogen-bond donors (Lipinski definition) is 3. The maximum absolute atomic E-state index is 11.7. The Morgan fingerprint density at radius 2 is 2.00 bits per heavy atom. The molecule has 0 aliphatic rings. The fraction of sp³-hybridized carbons (Fsp3) is 0.133. The van der Waals surface area contributed by atoms with Crippen molar-refractivity contribution >= 4 is 5.95 Å². The lowest BCUT2D eigenvalue weighted by atomic mass is 10.1. The number of anilines is 1. The van der Waals surface area contributed by atoms with E-state index >= 15 is 0 Å². The Balaban J connectivity index is 1.79. The van der Waals surface area contributed by atoms with E-state index in [0.717, 1.165) is 5.56 Å². The van der Waals surface area contributed by atoms with Crippen LogP contribution >= 0.6 is 0 Å². The molecule has 0 saturated carbocycles. The minimum atomic E-state index is -0.207. The summed E-state index contributed by atoms with van der Waals surface area (Å²) in [5, 5.41) is 9.78. The van der Waals surface area contributed by atoms with Gasteiger partial charge in [0, 0.05) is 18.8 Å². The fourth-order valence-corrected chi connectivity index (χ4v) is 1.97. The van der Waals surface area contributed by atoms with E-state index in [1.807, 2.05) is 31.2 Å². The Labute approximate surface area is 121 Å². The first-order valence-corrected chi connectivity index (χ1v) is 6.61. The van der Waals surface area contributed by atoms with Gasteiger partial charge in [-0.3, -0.25) is 14.9 Å². The van der Waals surface area contributed by atoms with Gasteiger partial charge in [0.1, 0.15) is 0 Å². The van der Waals surface area contributed by atoms with Crippen molar-refractivity contribution in [2.24, 2.45) is 0 Å². The number of nitrogens with zero attached hydrogens (tertiary/aromatic N) is 2. The zero-order chi connectivity index (χ0) is 14.7. The predicted molar refractivity (Wildman–Crippen MR) is 80.9 cm³/mol. The highest BCUT2D eigenvalue weighted by molar-refractivity contribution is 5.54. The van der Waals surface area contributed by atoms with Crippen molar-refractivity contribution in [1.82, 2.24) is 20.2 Å². The number of aryl methyl sites for hydroxylation is 1. The number of hydrogen-bond acceptors (Lipinski definition) is 4. The van der Waals surface area contributed by atoms with Crippen LogP contribution in [-0.4, -0.2) is 20.2 Å². The molecule has 0 aliphatic carbocycles. The molecule has 0 aliphatic heterocycles. The van der Waals surface area contributed by atoms with Gasteiger partial charge in [0.2, 0.25) is 5.95 Å². The van der Waals surface area contributed by atoms with Crippen molar-refractivity contribution in [2.45, 2.75) is 13.5 Å². The van der Waals surface area contributed by atoms with Gasteiger partial charge in [0.15, 0.2) is 0 Å². The molecule has 0 spiro atoms. The molecule has 0 unspecified atom stereocenters. The molecule has 6 nitrogen and oxygen atoms in total. The summed E-state index contributed by atoms with van der Waals surface area (Å²) in [7, 11) is 0. The average Bonchev–Trinajstić information content (AvgIpc) is 3.00. The van der Waals surface area contributed by atoms with E-state index in [4.69, 9.17) is 0 Å². The number of benzene rings is 1. The molecule has 106 valence electrons. The van der Waals surface area contributed by atoms with Gasteiger partial charge in [-0.05, 0) is 18.6 Å². The lowest BCUT2D eigenvalue weighted by Crippen LogP contribution is -2.12. The van der Waals surface area contributed by atoms with Gasteiger partial charge in [0.25, 0.3) is 5.56 Å². The summed E-state index contributed by atoms with van der Waals surface area (Å²) in [6.07, 6.45) is 1.62. The van der Waals surface area contributed by atoms with E-state index in [-0.39, 0.29) is 5.56 Å². The molecule has 3 rings (SSSR count). The highest BCUT2D eigenvalue weighted by Gasteiger charge is 2.05. The van der Waals surface area contributed by atoms with Crippen LogP contribution in [0.3, 0.4) is 0 Å². The minimum absolute atomic E-state index is 0.207. The zero-order valence-corrected chi connectivity index (χ0v) is 11.6. The number of aromatic amines is 2. The molecule has 3 N–H and O–H groups in total. The van der Waals surface area contributed by atoms with Crippen molar-refractivity contribution < 1.29 is 0 Å². The van der Waals surface area contributed by atoms with Crippen LogP contribution in [0.2, 0.25) is 0 Å². The Kier molecular flexibility index (Phi) is 3.51. The standard InChI is InChI=1S/C15H15N5O/c1-10-2-4-11(5-3-10)9-16-15-18-13(8-14(21)19-15)12-6-7-17-20-12/h2-8H,9H2,1H3,(H,17,20)(H2,16,18,19,21). The lowest BCUT2D eigenvalue weighted by molar-refractivity contribution is 1.02. The monoisotopic (exact) mass is 281 g/mol. The topological polar surface area (TPSA) is 86.5 Å². The summed E-state index contributed by atoms with van der Waals surface area (Å²) in [5.41, 5.74) is 3.39. The van der Waals surface area contributed by atoms with Crippen LogP contribution < -0.4 is 10.9 Å².